The quantitative estimate of drug-likeness (QED) is 0.703. The Morgan fingerprint density at radius 1 is 1.00 bits per heavy atom. The molecule has 4 nitrogen and oxygen atoms in total. The van der Waals surface area contributed by atoms with Crippen molar-refractivity contribution in [2.45, 2.75) is 32.0 Å². The van der Waals surface area contributed by atoms with Gasteiger partial charge in [-0.15, -0.1) is 0 Å². The summed E-state index contributed by atoms with van der Waals surface area (Å²) < 4.78 is 2.24. The number of thiocarbonyl (C=S) groups is 1. The molecule has 1 saturated heterocycles. The second kappa shape index (κ2) is 6.92. The fourth-order valence-corrected chi connectivity index (χ4v) is 4.15. The SMILES string of the molecule is CC(C)N1C(=S)N[C@@H](c2ccccn2)[C@@H]1c1cccn1-c1ccccc1. The fraction of sp³-hybridized carbons (Fsp3) is 0.238. The van der Waals surface area contributed by atoms with E-state index in [9.17, 15) is 0 Å². The van der Waals surface area contributed by atoms with Crippen LogP contribution in [0.15, 0.2) is 73.1 Å². The minimum Gasteiger partial charge on any atom is -0.352 e. The molecule has 0 unspecified atom stereocenters. The van der Waals surface area contributed by atoms with E-state index in [0.29, 0.717) is 0 Å². The lowest BCUT2D eigenvalue weighted by Gasteiger charge is -2.31. The van der Waals surface area contributed by atoms with Crippen LogP contribution in [0.1, 0.15) is 37.3 Å². The molecule has 5 heteroatoms. The number of hydrogen-bond acceptors (Lipinski definition) is 2. The van der Waals surface area contributed by atoms with Gasteiger partial charge in [0.25, 0.3) is 0 Å². The van der Waals surface area contributed by atoms with E-state index in [1.165, 1.54) is 5.69 Å². The Bertz CT molecular complexity index is 889. The van der Waals surface area contributed by atoms with Crippen molar-refractivity contribution in [2.24, 2.45) is 0 Å². The Hall–Kier alpha value is -2.66. The van der Waals surface area contributed by atoms with Gasteiger partial charge in [-0.1, -0.05) is 24.3 Å². The topological polar surface area (TPSA) is 33.1 Å². The van der Waals surface area contributed by atoms with Crippen LogP contribution in [0.2, 0.25) is 0 Å². The number of nitrogens with zero attached hydrogens (tertiary/aromatic N) is 3. The molecule has 0 aliphatic carbocycles. The summed E-state index contributed by atoms with van der Waals surface area (Å²) in [6.45, 7) is 4.36. The molecule has 1 aromatic carbocycles. The van der Waals surface area contributed by atoms with Crippen molar-refractivity contribution in [3.63, 3.8) is 0 Å². The summed E-state index contributed by atoms with van der Waals surface area (Å²) in [5.74, 6) is 0. The summed E-state index contributed by atoms with van der Waals surface area (Å²) in [4.78, 5) is 6.87. The van der Waals surface area contributed by atoms with E-state index >= 15 is 0 Å². The van der Waals surface area contributed by atoms with Crippen LogP contribution in [0, 0.1) is 0 Å². The molecule has 0 bridgehead atoms. The molecular formula is C21H22N4S. The van der Waals surface area contributed by atoms with Gasteiger partial charge in [-0.2, -0.15) is 0 Å². The van der Waals surface area contributed by atoms with E-state index in [-0.39, 0.29) is 18.1 Å². The maximum Gasteiger partial charge on any atom is 0.170 e. The number of aromatic nitrogens is 2. The summed E-state index contributed by atoms with van der Waals surface area (Å²) in [5.41, 5.74) is 3.35. The van der Waals surface area contributed by atoms with Crippen LogP contribution in [-0.2, 0) is 0 Å². The Kier molecular flexibility index (Phi) is 4.47. The molecule has 0 radical (unpaired) electrons. The fourth-order valence-electron chi connectivity index (χ4n) is 3.70. The lowest BCUT2D eigenvalue weighted by Crippen LogP contribution is -2.36. The summed E-state index contributed by atoms with van der Waals surface area (Å²) in [6, 6.07) is 21.1. The molecule has 0 saturated carbocycles. The largest absolute Gasteiger partial charge is 0.352 e. The van der Waals surface area contributed by atoms with Gasteiger partial charge < -0.3 is 14.8 Å². The molecule has 0 amide bonds. The van der Waals surface area contributed by atoms with Crippen molar-refractivity contribution in [3.05, 3.63) is 84.4 Å². The molecule has 3 heterocycles. The van der Waals surface area contributed by atoms with Gasteiger partial charge in [0.2, 0.25) is 0 Å². The van der Waals surface area contributed by atoms with Crippen LogP contribution < -0.4 is 5.32 Å². The third kappa shape index (κ3) is 2.88. The first-order chi connectivity index (χ1) is 12.7. The predicted octanol–water partition coefficient (Wildman–Crippen LogP) is 4.25. The zero-order valence-corrected chi connectivity index (χ0v) is 15.7. The van der Waals surface area contributed by atoms with Crippen molar-refractivity contribution in [1.82, 2.24) is 19.8 Å². The number of rotatable bonds is 4. The minimum atomic E-state index is 0.0171. The Morgan fingerprint density at radius 2 is 1.77 bits per heavy atom. The van der Waals surface area contributed by atoms with Crippen LogP contribution in [0.5, 0.6) is 0 Å². The van der Waals surface area contributed by atoms with Gasteiger partial charge in [0.15, 0.2) is 5.11 Å². The van der Waals surface area contributed by atoms with Crippen LogP contribution in [0.25, 0.3) is 5.69 Å². The van der Waals surface area contributed by atoms with E-state index in [1.807, 2.05) is 24.4 Å². The zero-order chi connectivity index (χ0) is 18.1. The molecule has 1 aliphatic rings. The Morgan fingerprint density at radius 3 is 2.46 bits per heavy atom. The van der Waals surface area contributed by atoms with Gasteiger partial charge in [0.1, 0.15) is 0 Å². The van der Waals surface area contributed by atoms with Crippen LogP contribution >= 0.6 is 12.2 Å². The number of nitrogens with one attached hydrogen (secondary N) is 1. The number of pyridine rings is 1. The highest BCUT2D eigenvalue weighted by molar-refractivity contribution is 7.80. The van der Waals surface area contributed by atoms with E-state index in [4.69, 9.17) is 12.2 Å². The van der Waals surface area contributed by atoms with Gasteiger partial charge in [-0.3, -0.25) is 4.98 Å². The van der Waals surface area contributed by atoms with Crippen molar-refractivity contribution >= 4 is 17.3 Å². The molecular weight excluding hydrogens is 340 g/mol. The van der Waals surface area contributed by atoms with Crippen molar-refractivity contribution in [3.8, 4) is 5.69 Å². The summed E-state index contributed by atoms with van der Waals surface area (Å²) >= 11 is 5.68. The monoisotopic (exact) mass is 362 g/mol. The first-order valence-corrected chi connectivity index (χ1v) is 9.30. The van der Waals surface area contributed by atoms with Crippen LogP contribution in [-0.4, -0.2) is 25.6 Å². The highest BCUT2D eigenvalue weighted by Gasteiger charge is 2.42. The number of hydrogen-bond donors (Lipinski definition) is 1. The second-order valence-electron chi connectivity index (χ2n) is 6.77. The molecule has 4 rings (SSSR count). The van der Waals surface area contributed by atoms with E-state index in [1.54, 1.807) is 0 Å². The molecule has 2 atom stereocenters. The third-order valence-electron chi connectivity index (χ3n) is 4.81. The molecule has 1 N–H and O–H groups in total. The van der Waals surface area contributed by atoms with Crippen LogP contribution in [0.4, 0.5) is 0 Å². The van der Waals surface area contributed by atoms with Crippen LogP contribution in [0.3, 0.4) is 0 Å². The standard InChI is InChI=1S/C21H22N4S/c1-15(2)25-20(19(23-21(25)26)17-11-6-7-13-22-17)18-12-8-14-24(18)16-9-4-3-5-10-16/h3-15,19-20H,1-2H3,(H,23,26)/t19-,20-/m0/s1. The highest BCUT2D eigenvalue weighted by Crippen LogP contribution is 2.40. The minimum absolute atomic E-state index is 0.0171. The molecule has 26 heavy (non-hydrogen) atoms. The summed E-state index contributed by atoms with van der Waals surface area (Å²) in [5, 5.41) is 4.28. The second-order valence-corrected chi connectivity index (χ2v) is 7.15. The lowest BCUT2D eigenvalue weighted by molar-refractivity contribution is 0.262. The zero-order valence-electron chi connectivity index (χ0n) is 14.9. The van der Waals surface area contributed by atoms with E-state index in [2.05, 4.69) is 82.3 Å². The van der Waals surface area contributed by atoms with Crippen molar-refractivity contribution in [2.75, 3.05) is 0 Å². The third-order valence-corrected chi connectivity index (χ3v) is 5.14. The molecule has 0 spiro atoms. The maximum atomic E-state index is 5.68. The Balaban J connectivity index is 1.83. The highest BCUT2D eigenvalue weighted by atomic mass is 32.1. The molecule has 3 aromatic rings. The molecule has 132 valence electrons. The van der Waals surface area contributed by atoms with Gasteiger partial charge in [0.05, 0.1) is 17.8 Å². The number of benzene rings is 1. The average molecular weight is 363 g/mol. The average Bonchev–Trinajstić information content (AvgIpc) is 3.27. The summed E-state index contributed by atoms with van der Waals surface area (Å²) in [6.07, 6.45) is 3.95. The Labute approximate surface area is 159 Å². The van der Waals surface area contributed by atoms with Crippen molar-refractivity contribution < 1.29 is 0 Å². The molecule has 1 fully saturated rings. The first kappa shape index (κ1) is 16.8. The first-order valence-electron chi connectivity index (χ1n) is 8.89. The normalized spacial score (nSPS) is 19.8. The van der Waals surface area contributed by atoms with Crippen molar-refractivity contribution in [1.29, 1.82) is 0 Å². The molecule has 2 aromatic heterocycles. The lowest BCUT2D eigenvalue weighted by atomic mass is 10.0. The van der Waals surface area contributed by atoms with Gasteiger partial charge in [-0.25, -0.2) is 0 Å². The van der Waals surface area contributed by atoms with Gasteiger partial charge in [-0.05, 0) is 62.5 Å². The van der Waals surface area contributed by atoms with Gasteiger partial charge in [0, 0.05) is 29.8 Å². The predicted molar refractivity (Wildman–Crippen MR) is 108 cm³/mol. The smallest absolute Gasteiger partial charge is 0.170 e. The molecule has 1 aliphatic heterocycles. The van der Waals surface area contributed by atoms with E-state index in [0.717, 1.165) is 16.5 Å². The van der Waals surface area contributed by atoms with Gasteiger partial charge >= 0.3 is 0 Å². The number of para-hydroxylation sites is 1. The summed E-state index contributed by atoms with van der Waals surface area (Å²) in [7, 11) is 0. The maximum absolute atomic E-state index is 5.68. The van der Waals surface area contributed by atoms with E-state index < -0.39 is 0 Å².